The van der Waals surface area contributed by atoms with Gasteiger partial charge in [-0.1, -0.05) is 56.8 Å². The van der Waals surface area contributed by atoms with E-state index in [4.69, 9.17) is 4.42 Å². The van der Waals surface area contributed by atoms with Gasteiger partial charge in [0.15, 0.2) is 15.9 Å². The molecule has 0 bridgehead atoms. The molecule has 5 rings (SSSR count). The van der Waals surface area contributed by atoms with E-state index in [0.29, 0.717) is 17.3 Å². The highest BCUT2D eigenvalue weighted by Crippen LogP contribution is 2.29. The molecule has 0 atom stereocenters. The van der Waals surface area contributed by atoms with E-state index < -0.39 is 0 Å². The van der Waals surface area contributed by atoms with Crippen LogP contribution in [0.3, 0.4) is 0 Å². The minimum Gasteiger partial charge on any atom is -0.467 e. The van der Waals surface area contributed by atoms with Crippen LogP contribution >= 0.6 is 23.1 Å². The number of benzene rings is 1. The monoisotopic (exact) mass is 491 g/mol. The van der Waals surface area contributed by atoms with Crippen LogP contribution < -0.4 is 5.56 Å². The second kappa shape index (κ2) is 8.88. The normalized spacial score (nSPS) is 12.0. The standard InChI is InChI=1S/C25H25N5O2S2/c1-16-14-33-23-26-19(12-21(31)30(16)23)15-34-24-28-27-22(29(24)13-20-6-5-11-32-20)17-7-9-18(10-8-17)25(2,3)4/h5-12,14H,13,15H2,1-4H3. The average molecular weight is 492 g/mol. The second-order valence-corrected chi connectivity index (χ2v) is 10.9. The Bertz CT molecular complexity index is 1490. The highest BCUT2D eigenvalue weighted by Gasteiger charge is 2.18. The number of hydrogen-bond acceptors (Lipinski definition) is 7. The van der Waals surface area contributed by atoms with Crippen LogP contribution in [0.1, 0.15) is 43.5 Å². The maximum atomic E-state index is 12.5. The van der Waals surface area contributed by atoms with Gasteiger partial charge in [0.2, 0.25) is 0 Å². The Labute approximate surface area is 205 Å². The summed E-state index contributed by atoms with van der Waals surface area (Å²) in [5.41, 5.74) is 3.90. The molecule has 0 saturated heterocycles. The molecule has 0 saturated carbocycles. The molecule has 0 aliphatic carbocycles. The molecule has 0 radical (unpaired) electrons. The Morgan fingerprint density at radius 1 is 1.12 bits per heavy atom. The Hall–Kier alpha value is -3.17. The molecule has 0 unspecified atom stereocenters. The summed E-state index contributed by atoms with van der Waals surface area (Å²) in [5.74, 6) is 2.11. The molecule has 174 valence electrons. The first-order valence-corrected chi connectivity index (χ1v) is 12.8. The molecule has 4 aromatic heterocycles. The van der Waals surface area contributed by atoms with E-state index in [-0.39, 0.29) is 11.0 Å². The SMILES string of the molecule is Cc1csc2nc(CSc3nnc(-c4ccc(C(C)(C)C)cc4)n3Cc3ccco3)cc(=O)n12. The number of nitrogens with zero attached hydrogens (tertiary/aromatic N) is 5. The van der Waals surface area contributed by atoms with Crippen molar-refractivity contribution in [2.75, 3.05) is 0 Å². The van der Waals surface area contributed by atoms with Gasteiger partial charge in [0, 0.05) is 28.5 Å². The molecule has 0 fully saturated rings. The summed E-state index contributed by atoms with van der Waals surface area (Å²) in [5, 5.41) is 11.7. The van der Waals surface area contributed by atoms with Crippen LogP contribution in [-0.4, -0.2) is 24.1 Å². The van der Waals surface area contributed by atoms with E-state index in [0.717, 1.165) is 33.7 Å². The second-order valence-electron chi connectivity index (χ2n) is 9.17. The lowest BCUT2D eigenvalue weighted by molar-refractivity contribution is 0.485. The summed E-state index contributed by atoms with van der Waals surface area (Å²) < 4.78 is 9.29. The van der Waals surface area contributed by atoms with E-state index in [9.17, 15) is 4.79 Å². The number of furan rings is 1. The first kappa shape index (κ1) is 22.6. The first-order chi connectivity index (χ1) is 16.3. The van der Waals surface area contributed by atoms with E-state index >= 15 is 0 Å². The predicted octanol–water partition coefficient (Wildman–Crippen LogP) is 5.55. The van der Waals surface area contributed by atoms with E-state index in [1.54, 1.807) is 16.7 Å². The number of rotatable bonds is 6. The number of aryl methyl sites for hydroxylation is 1. The largest absolute Gasteiger partial charge is 0.467 e. The summed E-state index contributed by atoms with van der Waals surface area (Å²) >= 11 is 2.98. The number of hydrogen-bond donors (Lipinski definition) is 0. The average Bonchev–Trinajstić information content (AvgIpc) is 3.53. The minimum absolute atomic E-state index is 0.0592. The summed E-state index contributed by atoms with van der Waals surface area (Å²) in [7, 11) is 0. The van der Waals surface area contributed by atoms with Crippen molar-refractivity contribution in [2.24, 2.45) is 0 Å². The molecular formula is C25H25N5O2S2. The molecule has 0 aliphatic rings. The van der Waals surface area contributed by atoms with Crippen LogP contribution in [0.5, 0.6) is 0 Å². The van der Waals surface area contributed by atoms with Gasteiger partial charge < -0.3 is 4.42 Å². The highest BCUT2D eigenvalue weighted by atomic mass is 32.2. The maximum Gasteiger partial charge on any atom is 0.258 e. The highest BCUT2D eigenvalue weighted by molar-refractivity contribution is 7.98. The molecule has 0 N–H and O–H groups in total. The Balaban J connectivity index is 1.46. The number of thioether (sulfide) groups is 1. The Morgan fingerprint density at radius 3 is 2.62 bits per heavy atom. The van der Waals surface area contributed by atoms with Gasteiger partial charge in [-0.3, -0.25) is 13.8 Å². The van der Waals surface area contributed by atoms with Crippen molar-refractivity contribution in [1.82, 2.24) is 24.1 Å². The van der Waals surface area contributed by atoms with Crippen LogP contribution in [-0.2, 0) is 17.7 Å². The zero-order valence-electron chi connectivity index (χ0n) is 19.5. The summed E-state index contributed by atoms with van der Waals surface area (Å²) in [4.78, 5) is 17.9. The van der Waals surface area contributed by atoms with Crippen molar-refractivity contribution in [2.45, 2.75) is 50.6 Å². The quantitative estimate of drug-likeness (QED) is 0.290. The molecule has 5 aromatic rings. The predicted molar refractivity (Wildman–Crippen MR) is 136 cm³/mol. The Kier molecular flexibility index (Phi) is 5.91. The summed E-state index contributed by atoms with van der Waals surface area (Å²) in [6.07, 6.45) is 1.67. The fraction of sp³-hybridized carbons (Fsp3) is 0.280. The third kappa shape index (κ3) is 4.45. The smallest absolute Gasteiger partial charge is 0.258 e. The first-order valence-electron chi connectivity index (χ1n) is 11.0. The van der Waals surface area contributed by atoms with Gasteiger partial charge >= 0.3 is 0 Å². The van der Waals surface area contributed by atoms with Crippen molar-refractivity contribution in [3.8, 4) is 11.4 Å². The zero-order chi connectivity index (χ0) is 23.9. The molecule has 0 aliphatic heterocycles. The van der Waals surface area contributed by atoms with E-state index in [1.165, 1.54) is 28.7 Å². The molecule has 0 amide bonds. The van der Waals surface area contributed by atoms with Crippen molar-refractivity contribution in [3.63, 3.8) is 0 Å². The minimum atomic E-state index is -0.0592. The van der Waals surface area contributed by atoms with Gasteiger partial charge in [-0.2, -0.15) is 0 Å². The van der Waals surface area contributed by atoms with Gasteiger partial charge in [-0.25, -0.2) is 4.98 Å². The van der Waals surface area contributed by atoms with Crippen molar-refractivity contribution < 1.29 is 4.42 Å². The molecule has 1 aromatic carbocycles. The Morgan fingerprint density at radius 2 is 1.91 bits per heavy atom. The zero-order valence-corrected chi connectivity index (χ0v) is 21.1. The topological polar surface area (TPSA) is 78.2 Å². The van der Waals surface area contributed by atoms with Crippen LogP contribution in [0, 0.1) is 6.92 Å². The van der Waals surface area contributed by atoms with Gasteiger partial charge in [-0.15, -0.1) is 21.5 Å². The van der Waals surface area contributed by atoms with Crippen molar-refractivity contribution in [3.05, 3.63) is 87.2 Å². The third-order valence-electron chi connectivity index (χ3n) is 5.60. The van der Waals surface area contributed by atoms with Crippen LogP contribution in [0.15, 0.2) is 68.5 Å². The maximum absolute atomic E-state index is 12.5. The molecular weight excluding hydrogens is 466 g/mol. The van der Waals surface area contributed by atoms with Gasteiger partial charge in [-0.05, 0) is 30.0 Å². The van der Waals surface area contributed by atoms with Gasteiger partial charge in [0.1, 0.15) is 5.76 Å². The van der Waals surface area contributed by atoms with Crippen LogP contribution in [0.4, 0.5) is 0 Å². The number of thiazole rings is 1. The molecule has 34 heavy (non-hydrogen) atoms. The molecule has 9 heteroatoms. The third-order valence-corrected chi connectivity index (χ3v) is 7.54. The van der Waals surface area contributed by atoms with Crippen molar-refractivity contribution in [1.29, 1.82) is 0 Å². The van der Waals surface area contributed by atoms with Gasteiger partial charge in [0.25, 0.3) is 5.56 Å². The van der Waals surface area contributed by atoms with Crippen LogP contribution in [0.25, 0.3) is 16.3 Å². The lowest BCUT2D eigenvalue weighted by atomic mass is 9.87. The molecule has 7 nitrogen and oxygen atoms in total. The van der Waals surface area contributed by atoms with Crippen LogP contribution in [0.2, 0.25) is 0 Å². The van der Waals surface area contributed by atoms with E-state index in [1.807, 2.05) is 24.4 Å². The number of aromatic nitrogens is 5. The number of fused-ring (bicyclic) bond motifs is 1. The van der Waals surface area contributed by atoms with E-state index in [2.05, 4.69) is 64.8 Å². The fourth-order valence-electron chi connectivity index (χ4n) is 3.74. The van der Waals surface area contributed by atoms with Crippen molar-refractivity contribution >= 4 is 28.1 Å². The lowest BCUT2D eigenvalue weighted by Crippen LogP contribution is -2.14. The molecule has 0 spiro atoms. The fourth-order valence-corrected chi connectivity index (χ4v) is 5.46. The lowest BCUT2D eigenvalue weighted by Gasteiger charge is -2.19. The summed E-state index contributed by atoms with van der Waals surface area (Å²) in [6.45, 7) is 9.02. The molecule has 4 heterocycles. The summed E-state index contributed by atoms with van der Waals surface area (Å²) in [6, 6.07) is 13.9. The van der Waals surface area contributed by atoms with Gasteiger partial charge in [0.05, 0.1) is 18.5 Å².